The Bertz CT molecular complexity index is 559. The number of hydrogen-bond donors (Lipinski definition) is 1. The number of hydrogen-bond acceptors (Lipinski definition) is 5. The zero-order valence-corrected chi connectivity index (χ0v) is 11.9. The van der Waals surface area contributed by atoms with Crippen LogP contribution in [0.4, 0.5) is 5.13 Å². The predicted molar refractivity (Wildman–Crippen MR) is 75.2 cm³/mol. The number of pyridine rings is 1. The molecule has 0 aliphatic rings. The lowest BCUT2D eigenvalue weighted by atomic mass is 10.5. The number of nitrogens with zero attached hydrogens (tertiary/aromatic N) is 2. The quantitative estimate of drug-likeness (QED) is 0.879. The SMILES string of the molecule is CC(=O)Nc1nc(CSc2ncccc2Cl)cs1. The summed E-state index contributed by atoms with van der Waals surface area (Å²) in [5.74, 6) is 0.559. The lowest BCUT2D eigenvalue weighted by molar-refractivity contribution is -0.114. The van der Waals surface area contributed by atoms with Crippen molar-refractivity contribution in [3.8, 4) is 0 Å². The van der Waals surface area contributed by atoms with Gasteiger partial charge in [-0.25, -0.2) is 9.97 Å². The first-order valence-corrected chi connectivity index (χ1v) is 7.35. The third-order valence-corrected chi connectivity index (χ3v) is 4.18. The molecule has 7 heteroatoms. The maximum atomic E-state index is 10.9. The Balaban J connectivity index is 1.96. The van der Waals surface area contributed by atoms with Gasteiger partial charge >= 0.3 is 0 Å². The second-order valence-corrected chi connectivity index (χ2v) is 5.63. The third-order valence-electron chi connectivity index (χ3n) is 1.92. The first-order valence-electron chi connectivity index (χ1n) is 5.10. The summed E-state index contributed by atoms with van der Waals surface area (Å²) in [5.41, 5.74) is 0.899. The van der Waals surface area contributed by atoms with Gasteiger partial charge < -0.3 is 5.32 Å². The summed E-state index contributed by atoms with van der Waals surface area (Å²) < 4.78 is 0. The maximum Gasteiger partial charge on any atom is 0.223 e. The van der Waals surface area contributed by atoms with Gasteiger partial charge in [0.1, 0.15) is 5.03 Å². The van der Waals surface area contributed by atoms with Crippen LogP contribution < -0.4 is 5.32 Å². The number of amides is 1. The van der Waals surface area contributed by atoms with E-state index in [1.54, 1.807) is 18.3 Å². The minimum absolute atomic E-state index is 0.115. The number of thioether (sulfide) groups is 1. The molecule has 0 saturated heterocycles. The van der Waals surface area contributed by atoms with Crippen molar-refractivity contribution in [2.24, 2.45) is 0 Å². The summed E-state index contributed by atoms with van der Waals surface area (Å²) in [6.45, 7) is 1.46. The van der Waals surface area contributed by atoms with E-state index in [-0.39, 0.29) is 5.91 Å². The molecular weight excluding hydrogens is 290 g/mol. The Labute approximate surface area is 118 Å². The highest BCUT2D eigenvalue weighted by Gasteiger charge is 2.06. The Morgan fingerprint density at radius 1 is 1.61 bits per heavy atom. The molecule has 0 aliphatic carbocycles. The lowest BCUT2D eigenvalue weighted by Crippen LogP contribution is -2.05. The van der Waals surface area contributed by atoms with E-state index in [2.05, 4.69) is 15.3 Å². The van der Waals surface area contributed by atoms with Crippen LogP contribution in [-0.4, -0.2) is 15.9 Å². The molecule has 2 heterocycles. The van der Waals surface area contributed by atoms with Crippen LogP contribution in [0.5, 0.6) is 0 Å². The summed E-state index contributed by atoms with van der Waals surface area (Å²) in [5, 5.41) is 6.60. The predicted octanol–water partition coefficient (Wildman–Crippen LogP) is 3.44. The number of thiazole rings is 1. The highest BCUT2D eigenvalue weighted by molar-refractivity contribution is 7.98. The molecule has 0 spiro atoms. The van der Waals surface area contributed by atoms with Crippen LogP contribution in [0, 0.1) is 0 Å². The van der Waals surface area contributed by atoms with Crippen LogP contribution in [0.1, 0.15) is 12.6 Å². The molecule has 1 N–H and O–H groups in total. The Morgan fingerprint density at radius 2 is 2.44 bits per heavy atom. The van der Waals surface area contributed by atoms with Crippen molar-refractivity contribution < 1.29 is 4.79 Å². The summed E-state index contributed by atoms with van der Waals surface area (Å²) in [6.07, 6.45) is 1.71. The van der Waals surface area contributed by atoms with Crippen LogP contribution in [-0.2, 0) is 10.5 Å². The van der Waals surface area contributed by atoms with Gasteiger partial charge in [0, 0.05) is 24.3 Å². The van der Waals surface area contributed by atoms with E-state index in [1.165, 1.54) is 30.0 Å². The van der Waals surface area contributed by atoms with Gasteiger partial charge in [-0.1, -0.05) is 23.4 Å². The van der Waals surface area contributed by atoms with Crippen molar-refractivity contribution in [1.82, 2.24) is 9.97 Å². The van der Waals surface area contributed by atoms with Crippen molar-refractivity contribution in [3.05, 3.63) is 34.4 Å². The number of carbonyl (C=O) groups is 1. The van der Waals surface area contributed by atoms with E-state index in [9.17, 15) is 4.79 Å². The van der Waals surface area contributed by atoms with E-state index in [0.717, 1.165) is 10.7 Å². The van der Waals surface area contributed by atoms with Crippen LogP contribution in [0.3, 0.4) is 0 Å². The van der Waals surface area contributed by atoms with Gasteiger partial charge in [0.2, 0.25) is 5.91 Å². The topological polar surface area (TPSA) is 54.9 Å². The molecule has 0 bridgehead atoms. The Kier molecular flexibility index (Phi) is 4.57. The van der Waals surface area contributed by atoms with E-state index >= 15 is 0 Å². The van der Waals surface area contributed by atoms with Crippen LogP contribution in [0.2, 0.25) is 5.02 Å². The molecule has 4 nitrogen and oxygen atoms in total. The molecule has 2 rings (SSSR count). The van der Waals surface area contributed by atoms with Gasteiger partial charge in [-0.3, -0.25) is 4.79 Å². The fourth-order valence-corrected chi connectivity index (χ4v) is 3.12. The van der Waals surface area contributed by atoms with Gasteiger partial charge in [0.15, 0.2) is 5.13 Å². The van der Waals surface area contributed by atoms with Crippen molar-refractivity contribution in [1.29, 1.82) is 0 Å². The standard InChI is InChI=1S/C11H10ClN3OS2/c1-7(16)14-11-15-8(6-18-11)5-17-10-9(12)3-2-4-13-10/h2-4,6H,5H2,1H3,(H,14,15,16). The average molecular weight is 300 g/mol. The second-order valence-electron chi connectivity index (χ2n) is 3.40. The lowest BCUT2D eigenvalue weighted by Gasteiger charge is -2.00. The molecule has 0 unspecified atom stereocenters. The van der Waals surface area contributed by atoms with Crippen molar-refractivity contribution in [2.45, 2.75) is 17.7 Å². The van der Waals surface area contributed by atoms with Crippen LogP contribution in [0.15, 0.2) is 28.7 Å². The zero-order valence-electron chi connectivity index (χ0n) is 9.51. The van der Waals surface area contributed by atoms with E-state index in [0.29, 0.717) is 15.9 Å². The molecule has 1 amide bonds. The van der Waals surface area contributed by atoms with Gasteiger partial charge in [0.25, 0.3) is 0 Å². The van der Waals surface area contributed by atoms with Gasteiger partial charge in [-0.2, -0.15) is 0 Å². The Hall–Kier alpha value is -1.11. The first-order chi connectivity index (χ1) is 8.65. The maximum absolute atomic E-state index is 10.9. The molecule has 0 atom stereocenters. The molecule has 0 aromatic carbocycles. The highest BCUT2D eigenvalue weighted by Crippen LogP contribution is 2.28. The number of halogens is 1. The largest absolute Gasteiger partial charge is 0.302 e. The first kappa shape index (κ1) is 13.3. The monoisotopic (exact) mass is 299 g/mol. The normalized spacial score (nSPS) is 10.3. The molecule has 0 aliphatic heterocycles. The summed E-state index contributed by atoms with van der Waals surface area (Å²) in [4.78, 5) is 19.3. The fourth-order valence-electron chi connectivity index (χ4n) is 1.20. The number of carbonyl (C=O) groups excluding carboxylic acids is 1. The minimum atomic E-state index is -0.115. The van der Waals surface area contributed by atoms with Gasteiger partial charge in [-0.05, 0) is 12.1 Å². The smallest absolute Gasteiger partial charge is 0.223 e. The number of rotatable bonds is 4. The molecule has 18 heavy (non-hydrogen) atoms. The van der Waals surface area contributed by atoms with E-state index in [4.69, 9.17) is 11.6 Å². The minimum Gasteiger partial charge on any atom is -0.302 e. The summed E-state index contributed by atoms with van der Waals surface area (Å²) in [6, 6.07) is 3.60. The number of aromatic nitrogens is 2. The van der Waals surface area contributed by atoms with Crippen molar-refractivity contribution >= 4 is 45.7 Å². The molecule has 2 aromatic rings. The zero-order chi connectivity index (χ0) is 13.0. The Morgan fingerprint density at radius 3 is 3.17 bits per heavy atom. The number of nitrogens with one attached hydrogen (secondary N) is 1. The number of anilines is 1. The summed E-state index contributed by atoms with van der Waals surface area (Å²) >= 11 is 8.93. The van der Waals surface area contributed by atoms with E-state index < -0.39 is 0 Å². The molecule has 2 aromatic heterocycles. The molecular formula is C11H10ClN3OS2. The molecule has 0 radical (unpaired) electrons. The van der Waals surface area contributed by atoms with Crippen molar-refractivity contribution in [2.75, 3.05) is 5.32 Å². The molecule has 0 fully saturated rings. The third kappa shape index (κ3) is 3.69. The average Bonchev–Trinajstić information content (AvgIpc) is 2.75. The van der Waals surface area contributed by atoms with Crippen LogP contribution >= 0.6 is 34.7 Å². The van der Waals surface area contributed by atoms with Crippen molar-refractivity contribution in [3.63, 3.8) is 0 Å². The van der Waals surface area contributed by atoms with Gasteiger partial charge in [-0.15, -0.1) is 11.3 Å². The summed E-state index contributed by atoms with van der Waals surface area (Å²) in [7, 11) is 0. The van der Waals surface area contributed by atoms with Gasteiger partial charge in [0.05, 0.1) is 10.7 Å². The fraction of sp³-hybridized carbons (Fsp3) is 0.182. The second kappa shape index (κ2) is 6.17. The highest BCUT2D eigenvalue weighted by atomic mass is 35.5. The molecule has 0 saturated carbocycles. The molecule has 94 valence electrons. The van der Waals surface area contributed by atoms with Crippen LogP contribution in [0.25, 0.3) is 0 Å². The van der Waals surface area contributed by atoms with E-state index in [1.807, 2.05) is 5.38 Å².